The number of hydrogen-bond donors (Lipinski definition) is 0. The van der Waals surface area contributed by atoms with Crippen LogP contribution in [-0.2, 0) is 14.9 Å². The van der Waals surface area contributed by atoms with Crippen LogP contribution in [0.4, 0.5) is 0 Å². The standard InChI is InChI=1S/C16H20O3/c1-5-16(3,12-11-15(17)19-6-2)13-9-7-8-10-14(13)18-4/h5,7-12H,1,6H2,2-4H3/b12-11+/t16-/m1/s1. The highest BCUT2D eigenvalue weighted by atomic mass is 16.5. The van der Waals surface area contributed by atoms with Gasteiger partial charge in [-0.25, -0.2) is 4.79 Å². The Morgan fingerprint density at radius 3 is 2.68 bits per heavy atom. The summed E-state index contributed by atoms with van der Waals surface area (Å²) in [7, 11) is 1.62. The third-order valence-electron chi connectivity index (χ3n) is 2.96. The molecule has 102 valence electrons. The van der Waals surface area contributed by atoms with Crippen LogP contribution in [0.3, 0.4) is 0 Å². The van der Waals surface area contributed by atoms with Crippen molar-refractivity contribution in [3.05, 3.63) is 54.6 Å². The maximum absolute atomic E-state index is 11.4. The Morgan fingerprint density at radius 2 is 2.11 bits per heavy atom. The van der Waals surface area contributed by atoms with Crippen molar-refractivity contribution in [1.82, 2.24) is 0 Å². The van der Waals surface area contributed by atoms with Crippen LogP contribution in [0.1, 0.15) is 19.4 Å². The maximum Gasteiger partial charge on any atom is 0.330 e. The van der Waals surface area contributed by atoms with Gasteiger partial charge in [0.05, 0.1) is 13.7 Å². The first-order valence-corrected chi connectivity index (χ1v) is 6.20. The summed E-state index contributed by atoms with van der Waals surface area (Å²) >= 11 is 0. The van der Waals surface area contributed by atoms with Gasteiger partial charge in [-0.05, 0) is 19.9 Å². The number of carbonyl (C=O) groups excluding carboxylic acids is 1. The largest absolute Gasteiger partial charge is 0.496 e. The highest BCUT2D eigenvalue weighted by Gasteiger charge is 2.23. The fourth-order valence-corrected chi connectivity index (χ4v) is 1.79. The van der Waals surface area contributed by atoms with Gasteiger partial charge in [0, 0.05) is 17.1 Å². The van der Waals surface area contributed by atoms with Gasteiger partial charge in [0.25, 0.3) is 0 Å². The predicted octanol–water partition coefficient (Wildman–Crippen LogP) is 3.26. The lowest BCUT2D eigenvalue weighted by atomic mass is 9.81. The molecule has 0 fully saturated rings. The number of hydrogen-bond acceptors (Lipinski definition) is 3. The van der Waals surface area contributed by atoms with E-state index in [1.54, 1.807) is 26.2 Å². The number of benzene rings is 1. The molecule has 1 atom stereocenters. The number of ether oxygens (including phenoxy) is 2. The third-order valence-corrected chi connectivity index (χ3v) is 2.96. The fraction of sp³-hybridized carbons (Fsp3) is 0.312. The molecule has 19 heavy (non-hydrogen) atoms. The van der Waals surface area contributed by atoms with E-state index in [1.807, 2.05) is 31.2 Å². The smallest absolute Gasteiger partial charge is 0.330 e. The minimum absolute atomic E-state index is 0.356. The monoisotopic (exact) mass is 260 g/mol. The fourth-order valence-electron chi connectivity index (χ4n) is 1.79. The van der Waals surface area contributed by atoms with Gasteiger partial charge in [-0.2, -0.15) is 0 Å². The molecule has 1 aromatic carbocycles. The average Bonchev–Trinajstić information content (AvgIpc) is 2.45. The molecule has 0 radical (unpaired) electrons. The van der Waals surface area contributed by atoms with Crippen LogP contribution in [0, 0.1) is 0 Å². The zero-order valence-corrected chi connectivity index (χ0v) is 11.7. The van der Waals surface area contributed by atoms with E-state index in [-0.39, 0.29) is 5.97 Å². The van der Waals surface area contributed by atoms with Crippen molar-refractivity contribution in [3.8, 4) is 5.75 Å². The molecule has 0 aliphatic carbocycles. The van der Waals surface area contributed by atoms with Crippen molar-refractivity contribution in [2.24, 2.45) is 0 Å². The summed E-state index contributed by atoms with van der Waals surface area (Å²) in [5.41, 5.74) is 0.465. The van der Waals surface area contributed by atoms with Crippen LogP contribution in [-0.4, -0.2) is 19.7 Å². The van der Waals surface area contributed by atoms with E-state index in [1.165, 1.54) is 6.08 Å². The van der Waals surface area contributed by atoms with Crippen LogP contribution in [0.5, 0.6) is 5.75 Å². The summed E-state index contributed by atoms with van der Waals surface area (Å²) in [6.07, 6.45) is 4.98. The highest BCUT2D eigenvalue weighted by Crippen LogP contribution is 2.33. The van der Waals surface area contributed by atoms with Gasteiger partial charge in [-0.1, -0.05) is 30.4 Å². The number of rotatable bonds is 6. The number of para-hydroxylation sites is 1. The minimum Gasteiger partial charge on any atom is -0.496 e. The van der Waals surface area contributed by atoms with E-state index in [2.05, 4.69) is 6.58 Å². The van der Waals surface area contributed by atoms with Gasteiger partial charge in [-0.3, -0.25) is 0 Å². The Hall–Kier alpha value is -2.03. The predicted molar refractivity (Wildman–Crippen MR) is 76.3 cm³/mol. The van der Waals surface area contributed by atoms with E-state index in [0.29, 0.717) is 6.61 Å². The summed E-state index contributed by atoms with van der Waals surface area (Å²) < 4.78 is 10.2. The SMILES string of the molecule is C=C[C@](C)(/C=C/C(=O)OCC)c1ccccc1OC. The normalized spacial score (nSPS) is 13.8. The number of allylic oxidation sites excluding steroid dienone is 2. The van der Waals surface area contributed by atoms with Crippen LogP contribution in [0.25, 0.3) is 0 Å². The van der Waals surface area contributed by atoms with Gasteiger partial charge in [0.2, 0.25) is 0 Å². The summed E-state index contributed by atoms with van der Waals surface area (Å²) in [5, 5.41) is 0. The first kappa shape index (κ1) is 15.0. The first-order chi connectivity index (χ1) is 9.07. The van der Waals surface area contributed by atoms with Gasteiger partial charge in [0.1, 0.15) is 5.75 Å². The third kappa shape index (κ3) is 3.71. The van der Waals surface area contributed by atoms with Crippen LogP contribution in [0.15, 0.2) is 49.1 Å². The molecule has 0 saturated heterocycles. The lowest BCUT2D eigenvalue weighted by molar-refractivity contribution is -0.137. The summed E-state index contributed by atoms with van der Waals surface area (Å²) in [6.45, 7) is 7.96. The quantitative estimate of drug-likeness (QED) is 0.447. The molecule has 0 spiro atoms. The number of methoxy groups -OCH3 is 1. The molecule has 0 N–H and O–H groups in total. The Kier molecular flexibility index (Phi) is 5.37. The highest BCUT2D eigenvalue weighted by molar-refractivity contribution is 5.82. The van der Waals surface area contributed by atoms with Crippen LogP contribution < -0.4 is 4.74 Å². The molecule has 3 nitrogen and oxygen atoms in total. The van der Waals surface area contributed by atoms with Gasteiger partial charge >= 0.3 is 5.97 Å². The van der Waals surface area contributed by atoms with E-state index in [4.69, 9.17) is 9.47 Å². The van der Waals surface area contributed by atoms with E-state index in [0.717, 1.165) is 11.3 Å². The lowest BCUT2D eigenvalue weighted by Gasteiger charge is -2.24. The van der Waals surface area contributed by atoms with Crippen molar-refractivity contribution in [1.29, 1.82) is 0 Å². The average molecular weight is 260 g/mol. The lowest BCUT2D eigenvalue weighted by Crippen LogP contribution is -2.17. The molecule has 0 heterocycles. The van der Waals surface area contributed by atoms with Gasteiger partial charge < -0.3 is 9.47 Å². The first-order valence-electron chi connectivity index (χ1n) is 6.20. The molecular weight excluding hydrogens is 240 g/mol. The molecular formula is C16H20O3. The van der Waals surface area contributed by atoms with Crippen LogP contribution in [0.2, 0.25) is 0 Å². The van der Waals surface area contributed by atoms with Crippen molar-refractivity contribution in [2.75, 3.05) is 13.7 Å². The van der Waals surface area contributed by atoms with Crippen molar-refractivity contribution < 1.29 is 14.3 Å². The van der Waals surface area contributed by atoms with Crippen LogP contribution >= 0.6 is 0 Å². The second kappa shape index (κ2) is 6.78. The molecule has 3 heteroatoms. The Balaban J connectivity index is 3.09. The van der Waals surface area contributed by atoms with E-state index < -0.39 is 5.41 Å². The molecule has 0 aliphatic rings. The zero-order valence-electron chi connectivity index (χ0n) is 11.7. The van der Waals surface area contributed by atoms with Crippen molar-refractivity contribution >= 4 is 5.97 Å². The second-order valence-electron chi connectivity index (χ2n) is 4.27. The van der Waals surface area contributed by atoms with Gasteiger partial charge in [-0.15, -0.1) is 6.58 Å². The summed E-state index contributed by atoms with van der Waals surface area (Å²) in [5.74, 6) is 0.406. The molecule has 1 aromatic rings. The minimum atomic E-state index is -0.487. The number of carbonyl (C=O) groups is 1. The molecule has 0 unspecified atom stereocenters. The Morgan fingerprint density at radius 1 is 1.42 bits per heavy atom. The topological polar surface area (TPSA) is 35.5 Å². The van der Waals surface area contributed by atoms with Crippen molar-refractivity contribution in [3.63, 3.8) is 0 Å². The maximum atomic E-state index is 11.4. The van der Waals surface area contributed by atoms with Gasteiger partial charge in [0.15, 0.2) is 0 Å². The molecule has 1 rings (SSSR count). The Labute approximate surface area is 114 Å². The molecule has 0 aromatic heterocycles. The second-order valence-corrected chi connectivity index (χ2v) is 4.27. The molecule has 0 aliphatic heterocycles. The summed E-state index contributed by atoms with van der Waals surface area (Å²) in [4.78, 5) is 11.4. The molecule has 0 saturated carbocycles. The molecule has 0 amide bonds. The summed E-state index contributed by atoms with van der Waals surface area (Å²) in [6, 6.07) is 7.67. The number of esters is 1. The molecule has 0 bridgehead atoms. The van der Waals surface area contributed by atoms with E-state index >= 15 is 0 Å². The zero-order chi connectivity index (χ0) is 14.3. The van der Waals surface area contributed by atoms with Crippen molar-refractivity contribution in [2.45, 2.75) is 19.3 Å². The van der Waals surface area contributed by atoms with E-state index in [9.17, 15) is 4.79 Å². The Bertz CT molecular complexity index is 477.